The van der Waals surface area contributed by atoms with Crippen LogP contribution in [0.15, 0.2) is 29.5 Å². The van der Waals surface area contributed by atoms with Crippen LogP contribution < -0.4 is 0 Å². The number of carbonyl (C=O) groups is 1. The Labute approximate surface area is 91.9 Å². The number of hydrogen-bond acceptors (Lipinski definition) is 4. The monoisotopic (exact) mass is 221 g/mol. The number of nitrogens with one attached hydrogen (secondary N) is 1. The second kappa shape index (κ2) is 4.44. The van der Waals surface area contributed by atoms with Crippen molar-refractivity contribution in [2.45, 2.75) is 12.1 Å². The van der Waals surface area contributed by atoms with E-state index >= 15 is 0 Å². The summed E-state index contributed by atoms with van der Waals surface area (Å²) < 4.78 is 0. The fourth-order valence-corrected chi connectivity index (χ4v) is 2.04. The van der Waals surface area contributed by atoms with Crippen molar-refractivity contribution < 1.29 is 4.79 Å². The van der Waals surface area contributed by atoms with Gasteiger partial charge in [-0.15, -0.1) is 5.10 Å². The topological polar surface area (TPSA) is 58.6 Å². The molecule has 1 aliphatic rings. The average Bonchev–Trinajstić information content (AvgIpc) is 2.84. The van der Waals surface area contributed by atoms with E-state index in [9.17, 15) is 4.79 Å². The van der Waals surface area contributed by atoms with Crippen LogP contribution in [0.3, 0.4) is 0 Å². The lowest BCUT2D eigenvalue weighted by Crippen LogP contribution is -2.10. The summed E-state index contributed by atoms with van der Waals surface area (Å²) in [7, 11) is 0. The summed E-state index contributed by atoms with van der Waals surface area (Å²) >= 11 is 1.37. The molecule has 0 amide bonds. The zero-order valence-corrected chi connectivity index (χ0v) is 9.12. The van der Waals surface area contributed by atoms with Crippen molar-refractivity contribution in [1.29, 1.82) is 0 Å². The number of aryl methyl sites for hydroxylation is 1. The lowest BCUT2D eigenvalue weighted by molar-refractivity contribution is -0.117. The Bertz CT molecular complexity index is 410. The number of Topliss-reactive ketones (excluding diaryl/α,β-unsaturated/α-hetero) is 1. The van der Waals surface area contributed by atoms with Gasteiger partial charge in [0.05, 0.1) is 11.7 Å². The Balaban J connectivity index is 1.85. The summed E-state index contributed by atoms with van der Waals surface area (Å²) in [5.41, 5.74) is 0. The van der Waals surface area contributed by atoms with Crippen LogP contribution in [0.2, 0.25) is 0 Å². The molecule has 78 valence electrons. The molecule has 0 aromatic carbocycles. The first kappa shape index (κ1) is 10.2. The second-order valence-electron chi connectivity index (χ2n) is 3.25. The summed E-state index contributed by atoms with van der Waals surface area (Å²) in [5.74, 6) is 1.31. The maximum atomic E-state index is 11.6. The smallest absolute Gasteiger partial charge is 0.208 e. The van der Waals surface area contributed by atoms with Gasteiger partial charge < -0.3 is 0 Å². The quantitative estimate of drug-likeness (QED) is 0.783. The van der Waals surface area contributed by atoms with E-state index in [1.165, 1.54) is 11.8 Å². The van der Waals surface area contributed by atoms with E-state index in [4.69, 9.17) is 0 Å². The first-order valence-corrected chi connectivity index (χ1v) is 5.64. The third kappa shape index (κ3) is 2.56. The van der Waals surface area contributed by atoms with Crippen LogP contribution in [0.5, 0.6) is 0 Å². The minimum atomic E-state index is -0.0578. The predicted octanol–water partition coefficient (Wildman–Crippen LogP) is 1.52. The molecule has 0 spiro atoms. The third-order valence-corrected chi connectivity index (χ3v) is 2.91. The van der Waals surface area contributed by atoms with E-state index in [1.54, 1.807) is 0 Å². The fourth-order valence-electron chi connectivity index (χ4n) is 1.27. The van der Waals surface area contributed by atoms with E-state index in [0.29, 0.717) is 10.9 Å². The van der Waals surface area contributed by atoms with Crippen molar-refractivity contribution >= 4 is 17.5 Å². The number of aromatic amines is 1. The highest BCUT2D eigenvalue weighted by molar-refractivity contribution is 7.99. The molecule has 0 unspecified atom stereocenters. The standard InChI is InChI=1S/C10H11N3OS/c1-7-11-10(13-12-7)15-6-9(14)8-4-2-3-5-8/h2-5,8H,6H2,1H3,(H,11,12,13). The van der Waals surface area contributed by atoms with Crippen molar-refractivity contribution in [2.24, 2.45) is 5.92 Å². The van der Waals surface area contributed by atoms with Gasteiger partial charge in [-0.3, -0.25) is 9.89 Å². The van der Waals surface area contributed by atoms with Gasteiger partial charge in [0.15, 0.2) is 5.78 Å². The minimum absolute atomic E-state index is 0.0578. The maximum Gasteiger partial charge on any atom is 0.208 e. The maximum absolute atomic E-state index is 11.6. The van der Waals surface area contributed by atoms with Gasteiger partial charge in [0.25, 0.3) is 0 Å². The number of ketones is 1. The molecule has 5 heteroatoms. The Morgan fingerprint density at radius 2 is 2.27 bits per heavy atom. The molecule has 2 rings (SSSR count). The number of thioether (sulfide) groups is 1. The van der Waals surface area contributed by atoms with Gasteiger partial charge in [0.1, 0.15) is 5.82 Å². The fraction of sp³-hybridized carbons (Fsp3) is 0.300. The molecule has 1 aromatic heterocycles. The molecule has 0 saturated carbocycles. The Hall–Kier alpha value is -1.36. The van der Waals surface area contributed by atoms with E-state index in [-0.39, 0.29) is 11.7 Å². The minimum Gasteiger partial charge on any atom is -0.298 e. The highest BCUT2D eigenvalue weighted by Gasteiger charge is 2.15. The third-order valence-electron chi connectivity index (χ3n) is 2.04. The molecule has 1 N–H and O–H groups in total. The molecule has 0 radical (unpaired) electrons. The Morgan fingerprint density at radius 3 is 2.87 bits per heavy atom. The lowest BCUT2D eigenvalue weighted by atomic mass is 10.1. The summed E-state index contributed by atoms with van der Waals surface area (Å²) in [6.45, 7) is 1.83. The molecule has 0 fully saturated rings. The highest BCUT2D eigenvalue weighted by Crippen LogP contribution is 2.17. The summed E-state index contributed by atoms with van der Waals surface area (Å²) in [6.07, 6.45) is 7.58. The van der Waals surface area contributed by atoms with Gasteiger partial charge in [-0.25, -0.2) is 4.98 Å². The van der Waals surface area contributed by atoms with E-state index in [0.717, 1.165) is 5.82 Å². The lowest BCUT2D eigenvalue weighted by Gasteiger charge is -2.01. The van der Waals surface area contributed by atoms with Crippen molar-refractivity contribution in [3.63, 3.8) is 0 Å². The van der Waals surface area contributed by atoms with Crippen molar-refractivity contribution in [1.82, 2.24) is 15.2 Å². The molecule has 0 bridgehead atoms. The van der Waals surface area contributed by atoms with E-state index in [1.807, 2.05) is 31.2 Å². The van der Waals surface area contributed by atoms with Crippen LogP contribution in [0.4, 0.5) is 0 Å². The van der Waals surface area contributed by atoms with Crippen LogP contribution in [-0.4, -0.2) is 26.7 Å². The molecular weight excluding hydrogens is 210 g/mol. The van der Waals surface area contributed by atoms with Gasteiger partial charge in [-0.05, 0) is 6.92 Å². The van der Waals surface area contributed by atoms with Crippen molar-refractivity contribution in [2.75, 3.05) is 5.75 Å². The summed E-state index contributed by atoms with van der Waals surface area (Å²) in [5, 5.41) is 7.32. The SMILES string of the molecule is Cc1nc(SCC(=O)C2C=CC=C2)n[nH]1. The van der Waals surface area contributed by atoms with Crippen LogP contribution in [0.1, 0.15) is 5.82 Å². The molecular formula is C10H11N3OS. The zero-order valence-electron chi connectivity index (χ0n) is 8.30. The normalized spacial score (nSPS) is 15.0. The molecule has 0 aliphatic heterocycles. The Kier molecular flexibility index (Phi) is 3.01. The molecule has 0 saturated heterocycles. The number of allylic oxidation sites excluding steroid dienone is 4. The number of carbonyl (C=O) groups excluding carboxylic acids is 1. The van der Waals surface area contributed by atoms with Gasteiger partial charge in [-0.1, -0.05) is 36.1 Å². The zero-order chi connectivity index (χ0) is 10.7. The average molecular weight is 221 g/mol. The predicted molar refractivity (Wildman–Crippen MR) is 58.6 cm³/mol. The van der Waals surface area contributed by atoms with Gasteiger partial charge in [0.2, 0.25) is 5.16 Å². The Morgan fingerprint density at radius 1 is 1.53 bits per heavy atom. The van der Waals surface area contributed by atoms with E-state index in [2.05, 4.69) is 15.2 Å². The summed E-state index contributed by atoms with van der Waals surface area (Å²) in [6, 6.07) is 0. The number of aromatic nitrogens is 3. The molecule has 15 heavy (non-hydrogen) atoms. The van der Waals surface area contributed by atoms with Crippen LogP contribution >= 0.6 is 11.8 Å². The van der Waals surface area contributed by atoms with Gasteiger partial charge in [0, 0.05) is 0 Å². The molecule has 1 aromatic rings. The second-order valence-corrected chi connectivity index (χ2v) is 4.20. The van der Waals surface area contributed by atoms with E-state index < -0.39 is 0 Å². The molecule has 4 nitrogen and oxygen atoms in total. The van der Waals surface area contributed by atoms with Crippen LogP contribution in [-0.2, 0) is 4.79 Å². The largest absolute Gasteiger partial charge is 0.298 e. The van der Waals surface area contributed by atoms with Crippen molar-refractivity contribution in [3.05, 3.63) is 30.1 Å². The van der Waals surface area contributed by atoms with Gasteiger partial charge in [-0.2, -0.15) is 0 Å². The number of H-pyrrole nitrogens is 1. The number of nitrogens with zero attached hydrogens (tertiary/aromatic N) is 2. The summed E-state index contributed by atoms with van der Waals surface area (Å²) in [4.78, 5) is 15.8. The van der Waals surface area contributed by atoms with Crippen LogP contribution in [0, 0.1) is 12.8 Å². The number of hydrogen-bond donors (Lipinski definition) is 1. The first-order chi connectivity index (χ1) is 7.25. The molecule has 0 atom stereocenters. The number of rotatable bonds is 4. The highest BCUT2D eigenvalue weighted by atomic mass is 32.2. The molecule has 1 aliphatic carbocycles. The molecule has 1 heterocycles. The van der Waals surface area contributed by atoms with Gasteiger partial charge >= 0.3 is 0 Å². The van der Waals surface area contributed by atoms with Crippen molar-refractivity contribution in [3.8, 4) is 0 Å². The van der Waals surface area contributed by atoms with Crippen LogP contribution in [0.25, 0.3) is 0 Å². The first-order valence-electron chi connectivity index (χ1n) is 4.65.